The predicted molar refractivity (Wildman–Crippen MR) is 70.4 cm³/mol. The number of halogens is 3. The first-order valence-corrected chi connectivity index (χ1v) is 7.73. The lowest BCUT2D eigenvalue weighted by molar-refractivity contribution is -0.0497. The van der Waals surface area contributed by atoms with Crippen LogP contribution in [0, 0.1) is 0 Å². The van der Waals surface area contributed by atoms with Crippen molar-refractivity contribution in [2.75, 3.05) is 16.4 Å². The first-order valence-electron chi connectivity index (χ1n) is 5.54. The lowest BCUT2D eigenvalue weighted by Gasteiger charge is -2.09. The number of nitrogens with one attached hydrogen (secondary N) is 1. The molecule has 0 aliphatic carbocycles. The molecule has 0 spiro atoms. The number of benzene rings is 1. The third kappa shape index (κ3) is 6.58. The van der Waals surface area contributed by atoms with Gasteiger partial charge < -0.3 is 4.74 Å². The van der Waals surface area contributed by atoms with Crippen LogP contribution in [0.2, 0.25) is 0 Å². The van der Waals surface area contributed by atoms with Gasteiger partial charge in [0.05, 0.1) is 11.4 Å². The fourth-order valence-electron chi connectivity index (χ4n) is 1.35. The smallest absolute Gasteiger partial charge is 0.387 e. The minimum absolute atomic E-state index is 0.0698. The second-order valence-electron chi connectivity index (χ2n) is 3.72. The summed E-state index contributed by atoms with van der Waals surface area (Å²) in [4.78, 5) is 0. The van der Waals surface area contributed by atoms with E-state index >= 15 is 0 Å². The number of ether oxygens (including phenoxy) is 1. The number of alkyl halides is 3. The Morgan fingerprint density at radius 1 is 1.32 bits per heavy atom. The molecule has 0 aromatic heterocycles. The standard InChI is InChI=1S/C11H14ClF2NO3S/c12-6-1-2-7-19(16,17)15-9-4-3-5-10(8-9)18-11(13)14/h3-5,8,11,15H,1-2,6-7H2. The Hall–Kier alpha value is -1.08. The van der Waals surface area contributed by atoms with Crippen molar-refractivity contribution in [3.8, 4) is 5.75 Å². The van der Waals surface area contributed by atoms with Crippen molar-refractivity contribution in [3.63, 3.8) is 0 Å². The monoisotopic (exact) mass is 313 g/mol. The van der Waals surface area contributed by atoms with Gasteiger partial charge in [-0.1, -0.05) is 6.07 Å². The molecule has 0 fully saturated rings. The first kappa shape index (κ1) is 16.0. The minimum atomic E-state index is -3.50. The molecular weight excluding hydrogens is 300 g/mol. The topological polar surface area (TPSA) is 55.4 Å². The number of unbranched alkanes of at least 4 members (excludes halogenated alkanes) is 1. The van der Waals surface area contributed by atoms with Crippen LogP contribution in [0.15, 0.2) is 24.3 Å². The van der Waals surface area contributed by atoms with Crippen LogP contribution in [0.1, 0.15) is 12.8 Å². The maximum Gasteiger partial charge on any atom is 0.387 e. The molecule has 4 nitrogen and oxygen atoms in total. The van der Waals surface area contributed by atoms with E-state index < -0.39 is 16.6 Å². The Balaban J connectivity index is 2.65. The van der Waals surface area contributed by atoms with Gasteiger partial charge in [-0.15, -0.1) is 11.6 Å². The molecule has 1 aromatic rings. The normalized spacial score (nSPS) is 11.6. The largest absolute Gasteiger partial charge is 0.435 e. The molecule has 8 heteroatoms. The minimum Gasteiger partial charge on any atom is -0.435 e. The van der Waals surface area contributed by atoms with E-state index in [9.17, 15) is 17.2 Å². The van der Waals surface area contributed by atoms with Gasteiger partial charge in [0.25, 0.3) is 0 Å². The molecule has 108 valence electrons. The molecule has 0 aliphatic rings. The Morgan fingerprint density at radius 3 is 2.68 bits per heavy atom. The molecule has 0 bridgehead atoms. The quantitative estimate of drug-likeness (QED) is 0.593. The summed E-state index contributed by atoms with van der Waals surface area (Å²) in [7, 11) is -3.50. The van der Waals surface area contributed by atoms with Crippen molar-refractivity contribution in [2.45, 2.75) is 19.5 Å². The first-order chi connectivity index (χ1) is 8.93. The summed E-state index contributed by atoms with van der Waals surface area (Å²) in [6.07, 6.45) is 1.03. The summed E-state index contributed by atoms with van der Waals surface area (Å²) in [6.45, 7) is -2.95. The fraction of sp³-hybridized carbons (Fsp3) is 0.455. The molecule has 1 N–H and O–H groups in total. The zero-order valence-corrected chi connectivity index (χ0v) is 11.6. The average molecular weight is 314 g/mol. The van der Waals surface area contributed by atoms with E-state index in [-0.39, 0.29) is 17.2 Å². The number of hydrogen-bond donors (Lipinski definition) is 1. The van der Waals surface area contributed by atoms with Gasteiger partial charge >= 0.3 is 6.61 Å². The third-order valence-electron chi connectivity index (χ3n) is 2.13. The van der Waals surface area contributed by atoms with Crippen LogP contribution in [0.25, 0.3) is 0 Å². The van der Waals surface area contributed by atoms with Crippen molar-refractivity contribution in [1.29, 1.82) is 0 Å². The Kier molecular flexibility index (Phi) is 6.30. The van der Waals surface area contributed by atoms with Crippen LogP contribution >= 0.6 is 11.6 Å². The van der Waals surface area contributed by atoms with Crippen LogP contribution in [0.5, 0.6) is 5.75 Å². The van der Waals surface area contributed by atoms with E-state index in [2.05, 4.69) is 9.46 Å². The molecule has 0 aliphatic heterocycles. The van der Waals surface area contributed by atoms with E-state index in [0.717, 1.165) is 0 Å². The summed E-state index contributed by atoms with van der Waals surface area (Å²) < 4.78 is 53.9. The SMILES string of the molecule is O=S(=O)(CCCCCl)Nc1cccc(OC(F)F)c1. The van der Waals surface area contributed by atoms with E-state index in [1.165, 1.54) is 24.3 Å². The van der Waals surface area contributed by atoms with Crippen molar-refractivity contribution in [2.24, 2.45) is 0 Å². The van der Waals surface area contributed by atoms with Gasteiger partial charge in [0.2, 0.25) is 10.0 Å². The van der Waals surface area contributed by atoms with Crippen molar-refractivity contribution in [1.82, 2.24) is 0 Å². The van der Waals surface area contributed by atoms with E-state index in [1.54, 1.807) is 0 Å². The van der Waals surface area contributed by atoms with Gasteiger partial charge in [-0.25, -0.2) is 8.42 Å². The second-order valence-corrected chi connectivity index (χ2v) is 5.94. The highest BCUT2D eigenvalue weighted by Gasteiger charge is 2.11. The zero-order chi connectivity index (χ0) is 14.3. The maximum absolute atomic E-state index is 12.0. The van der Waals surface area contributed by atoms with Crippen molar-refractivity contribution in [3.05, 3.63) is 24.3 Å². The molecule has 1 rings (SSSR count). The number of hydrogen-bond acceptors (Lipinski definition) is 3. The van der Waals surface area contributed by atoms with Crippen molar-refractivity contribution >= 4 is 27.3 Å². The summed E-state index contributed by atoms with van der Waals surface area (Å²) >= 11 is 5.46. The molecule has 0 atom stereocenters. The van der Waals surface area contributed by atoms with E-state index in [4.69, 9.17) is 11.6 Å². The van der Waals surface area contributed by atoms with Gasteiger partial charge in [-0.2, -0.15) is 8.78 Å². The van der Waals surface area contributed by atoms with Gasteiger partial charge in [-0.05, 0) is 25.0 Å². The highest BCUT2D eigenvalue weighted by atomic mass is 35.5. The molecule has 1 aromatic carbocycles. The highest BCUT2D eigenvalue weighted by Crippen LogP contribution is 2.20. The summed E-state index contributed by atoms with van der Waals surface area (Å²) in [5.74, 6) is 0.225. The molecule has 19 heavy (non-hydrogen) atoms. The Bertz CT molecular complexity index is 496. The molecule has 0 heterocycles. The maximum atomic E-state index is 12.0. The van der Waals surface area contributed by atoms with Crippen LogP contribution in [0.3, 0.4) is 0 Å². The Labute approximate surface area is 115 Å². The van der Waals surface area contributed by atoms with Gasteiger partial charge in [0.15, 0.2) is 0 Å². The summed E-state index contributed by atoms with van der Waals surface area (Å²) in [5, 5.41) is 0. The highest BCUT2D eigenvalue weighted by molar-refractivity contribution is 7.92. The van der Waals surface area contributed by atoms with Crippen LogP contribution in [-0.4, -0.2) is 26.7 Å². The summed E-state index contributed by atoms with van der Waals surface area (Å²) in [6, 6.07) is 5.40. The van der Waals surface area contributed by atoms with Crippen LogP contribution in [-0.2, 0) is 10.0 Å². The second kappa shape index (κ2) is 7.49. The third-order valence-corrected chi connectivity index (χ3v) is 3.77. The molecule has 0 unspecified atom stereocenters. The van der Waals surface area contributed by atoms with Gasteiger partial charge in [0.1, 0.15) is 5.75 Å². The zero-order valence-electron chi connectivity index (χ0n) is 9.98. The number of sulfonamides is 1. The average Bonchev–Trinajstić information content (AvgIpc) is 2.27. The van der Waals surface area contributed by atoms with E-state index in [0.29, 0.717) is 18.7 Å². The molecule has 0 amide bonds. The Morgan fingerprint density at radius 2 is 2.05 bits per heavy atom. The number of rotatable bonds is 8. The predicted octanol–water partition coefficient (Wildman–Crippen LogP) is 3.05. The van der Waals surface area contributed by atoms with Gasteiger partial charge in [0, 0.05) is 11.9 Å². The molecule has 0 saturated heterocycles. The van der Waals surface area contributed by atoms with Crippen LogP contribution in [0.4, 0.5) is 14.5 Å². The molecule has 0 saturated carbocycles. The van der Waals surface area contributed by atoms with Gasteiger partial charge in [-0.3, -0.25) is 4.72 Å². The number of anilines is 1. The van der Waals surface area contributed by atoms with Crippen LogP contribution < -0.4 is 9.46 Å². The lowest BCUT2D eigenvalue weighted by Crippen LogP contribution is -2.16. The molecule has 0 radical (unpaired) electrons. The summed E-state index contributed by atoms with van der Waals surface area (Å²) in [5.41, 5.74) is 0.184. The molecular formula is C11H14ClF2NO3S. The van der Waals surface area contributed by atoms with Crippen molar-refractivity contribution < 1.29 is 21.9 Å². The van der Waals surface area contributed by atoms with E-state index in [1.807, 2.05) is 0 Å². The fourth-order valence-corrected chi connectivity index (χ4v) is 2.71. The lowest BCUT2D eigenvalue weighted by atomic mass is 10.3.